The van der Waals surface area contributed by atoms with E-state index in [9.17, 15) is 39.2 Å². The molecule has 2 aromatic carbocycles. The van der Waals surface area contributed by atoms with Crippen LogP contribution in [0.4, 0.5) is 15.2 Å². The summed E-state index contributed by atoms with van der Waals surface area (Å²) >= 11 is 1.24. The Bertz CT molecular complexity index is 1780. The maximum atomic E-state index is 14.0. The molecule has 3 aromatic rings. The number of ketones is 2. The lowest BCUT2D eigenvalue weighted by Crippen LogP contribution is -2.65. The number of amides is 1. The van der Waals surface area contributed by atoms with E-state index < -0.39 is 58.0 Å². The first-order valence-electron chi connectivity index (χ1n) is 13.3. The highest BCUT2D eigenvalue weighted by atomic mass is 32.1. The third-order valence-electron chi connectivity index (χ3n) is 8.48. The quantitative estimate of drug-likeness (QED) is 0.186. The molecule has 1 aromatic heterocycles. The SMILES string of the molecule is CN(C)[C@@H]1C(=O)C(C(N)=O)=C(O)[C@@]2(O)C(=O)C3=C(O)c4c(ccc(Nc5nc(-c6ccc(F)cc6)cs5)c4O)C[C@H]3C[C@@H]12. The fraction of sp³-hybridized carbons (Fsp3) is 0.267. The summed E-state index contributed by atoms with van der Waals surface area (Å²) in [6.45, 7) is 0. The van der Waals surface area contributed by atoms with Gasteiger partial charge in [-0.2, -0.15) is 0 Å². The minimum Gasteiger partial charge on any atom is -0.508 e. The van der Waals surface area contributed by atoms with Crippen LogP contribution in [0.15, 0.2) is 58.7 Å². The Kier molecular flexibility index (Phi) is 6.64. The number of benzene rings is 2. The maximum absolute atomic E-state index is 14.0. The van der Waals surface area contributed by atoms with Crippen molar-refractivity contribution in [3.8, 4) is 17.0 Å². The van der Waals surface area contributed by atoms with Gasteiger partial charge in [0, 0.05) is 22.4 Å². The maximum Gasteiger partial charge on any atom is 0.255 e. The van der Waals surface area contributed by atoms with Crippen molar-refractivity contribution in [1.29, 1.82) is 0 Å². The van der Waals surface area contributed by atoms with E-state index >= 15 is 0 Å². The number of anilines is 2. The molecule has 1 heterocycles. The number of carbonyl (C=O) groups excluding carboxylic acids is 3. The number of rotatable bonds is 5. The zero-order valence-corrected chi connectivity index (χ0v) is 23.8. The molecule has 1 amide bonds. The molecule has 1 fully saturated rings. The molecule has 0 spiro atoms. The van der Waals surface area contributed by atoms with Gasteiger partial charge >= 0.3 is 0 Å². The summed E-state index contributed by atoms with van der Waals surface area (Å²) in [5.74, 6) is -7.42. The summed E-state index contributed by atoms with van der Waals surface area (Å²) in [5, 5.41) is 50.5. The van der Waals surface area contributed by atoms with Crippen molar-refractivity contribution in [2.75, 3.05) is 19.4 Å². The Balaban J connectivity index is 1.40. The zero-order chi connectivity index (χ0) is 31.0. The number of aromatic hydroxyl groups is 1. The van der Waals surface area contributed by atoms with E-state index in [1.54, 1.807) is 43.7 Å². The summed E-state index contributed by atoms with van der Waals surface area (Å²) in [4.78, 5) is 45.2. The van der Waals surface area contributed by atoms with E-state index in [1.807, 2.05) is 0 Å². The first-order valence-corrected chi connectivity index (χ1v) is 14.2. The van der Waals surface area contributed by atoms with Crippen LogP contribution in [-0.2, 0) is 20.8 Å². The number of Topliss-reactive ketones (excluding diaryl/α,β-unsaturated/α-hetero) is 2. The monoisotopic (exact) mass is 606 g/mol. The largest absolute Gasteiger partial charge is 0.508 e. The van der Waals surface area contributed by atoms with Gasteiger partial charge in [-0.3, -0.25) is 19.3 Å². The van der Waals surface area contributed by atoms with Crippen LogP contribution in [-0.4, -0.2) is 73.5 Å². The molecule has 6 rings (SSSR count). The molecule has 7 N–H and O–H groups in total. The lowest BCUT2D eigenvalue weighted by atomic mass is 9.57. The Hall–Kier alpha value is -4.59. The third kappa shape index (κ3) is 4.22. The standard InChI is InChI=1S/C30H27FN4O7S/c1-35(2)22-16-10-14-9-13-5-8-17(33-29-34-18(11-43-29)12-3-6-15(31)7-4-12)23(36)19(13)24(37)20(14)26(39)30(16,42)27(40)21(25(22)38)28(32)41/h3-8,11,14,16,22,36-37,40,42H,9-10H2,1-2H3,(H2,32,41)(H,33,34)/t14-,16-,22-,30-/m0/s1. The average Bonchev–Trinajstić information content (AvgIpc) is 3.41. The van der Waals surface area contributed by atoms with Gasteiger partial charge in [0.1, 0.15) is 28.7 Å². The fourth-order valence-corrected chi connectivity index (χ4v) is 7.25. The van der Waals surface area contributed by atoms with Crippen LogP contribution in [0.1, 0.15) is 17.5 Å². The molecule has 0 unspecified atom stereocenters. The molecule has 3 aliphatic carbocycles. The van der Waals surface area contributed by atoms with Gasteiger partial charge in [-0.15, -0.1) is 11.3 Å². The second kappa shape index (κ2) is 10.0. The number of aromatic nitrogens is 1. The number of carbonyl (C=O) groups is 3. The number of thiazole rings is 1. The minimum atomic E-state index is -2.70. The van der Waals surface area contributed by atoms with Gasteiger partial charge in [0.25, 0.3) is 5.91 Å². The smallest absolute Gasteiger partial charge is 0.255 e. The normalized spacial score (nSPS) is 25.0. The Morgan fingerprint density at radius 1 is 1.14 bits per heavy atom. The van der Waals surface area contributed by atoms with Crippen molar-refractivity contribution < 1.29 is 39.2 Å². The highest BCUT2D eigenvalue weighted by Gasteiger charge is 2.64. The fourth-order valence-electron chi connectivity index (χ4n) is 6.52. The summed E-state index contributed by atoms with van der Waals surface area (Å²) in [5.41, 5.74) is 3.52. The number of nitrogens with one attached hydrogen (secondary N) is 1. The molecule has 11 nitrogen and oxygen atoms in total. The van der Waals surface area contributed by atoms with Crippen LogP contribution in [0.2, 0.25) is 0 Å². The summed E-state index contributed by atoms with van der Waals surface area (Å²) in [6, 6.07) is 7.97. The molecular weight excluding hydrogens is 579 g/mol. The van der Waals surface area contributed by atoms with E-state index in [4.69, 9.17) is 5.73 Å². The van der Waals surface area contributed by atoms with Crippen molar-refractivity contribution in [2.45, 2.75) is 24.5 Å². The third-order valence-corrected chi connectivity index (χ3v) is 9.24. The number of phenolic OH excluding ortho intramolecular Hbond substituents is 1. The number of primary amides is 1. The minimum absolute atomic E-state index is 0.0117. The van der Waals surface area contributed by atoms with Crippen molar-refractivity contribution in [2.24, 2.45) is 17.6 Å². The number of fused-ring (bicyclic) bond motifs is 3. The number of halogens is 1. The van der Waals surface area contributed by atoms with Gasteiger partial charge in [0.15, 0.2) is 16.5 Å². The van der Waals surface area contributed by atoms with Crippen LogP contribution >= 0.6 is 11.3 Å². The van der Waals surface area contributed by atoms with E-state index in [0.29, 0.717) is 22.0 Å². The molecule has 4 atom stereocenters. The number of nitrogens with zero attached hydrogens (tertiary/aromatic N) is 2. The Morgan fingerprint density at radius 2 is 1.84 bits per heavy atom. The van der Waals surface area contributed by atoms with Gasteiger partial charge in [-0.05, 0) is 68.8 Å². The van der Waals surface area contributed by atoms with Gasteiger partial charge in [0.2, 0.25) is 5.78 Å². The molecule has 1 saturated carbocycles. The number of aliphatic hydroxyl groups is 3. The van der Waals surface area contributed by atoms with Crippen LogP contribution < -0.4 is 11.1 Å². The second-order valence-electron chi connectivity index (χ2n) is 11.1. The summed E-state index contributed by atoms with van der Waals surface area (Å²) < 4.78 is 13.3. The number of likely N-dealkylation sites (N-methyl/N-ethyl adjacent to an activating group) is 1. The van der Waals surface area contributed by atoms with E-state index in [0.717, 1.165) is 0 Å². The highest BCUT2D eigenvalue weighted by Crippen LogP contribution is 2.53. The molecule has 0 aliphatic heterocycles. The molecule has 0 saturated heterocycles. The van der Waals surface area contributed by atoms with E-state index in [2.05, 4.69) is 10.3 Å². The first kappa shape index (κ1) is 28.5. The molecule has 13 heteroatoms. The number of aliphatic hydroxyl groups excluding tert-OH is 2. The van der Waals surface area contributed by atoms with Crippen molar-refractivity contribution in [3.63, 3.8) is 0 Å². The van der Waals surface area contributed by atoms with Crippen LogP contribution in [0.25, 0.3) is 17.0 Å². The molecule has 0 bridgehead atoms. The van der Waals surface area contributed by atoms with Gasteiger partial charge in [-0.1, -0.05) is 6.07 Å². The van der Waals surface area contributed by atoms with Crippen LogP contribution in [0, 0.1) is 17.7 Å². The van der Waals surface area contributed by atoms with Gasteiger partial charge in [0.05, 0.1) is 23.0 Å². The van der Waals surface area contributed by atoms with Crippen molar-refractivity contribution >= 4 is 45.4 Å². The average molecular weight is 607 g/mol. The molecule has 0 radical (unpaired) electrons. The van der Waals surface area contributed by atoms with Crippen molar-refractivity contribution in [1.82, 2.24) is 9.88 Å². The number of hydrogen-bond donors (Lipinski definition) is 6. The van der Waals surface area contributed by atoms with Crippen LogP contribution in [0.5, 0.6) is 5.75 Å². The highest BCUT2D eigenvalue weighted by molar-refractivity contribution is 7.14. The van der Waals surface area contributed by atoms with Crippen molar-refractivity contribution in [3.05, 3.63) is 75.6 Å². The topological polar surface area (TPSA) is 186 Å². The first-order chi connectivity index (χ1) is 20.3. The number of phenols is 1. The van der Waals surface area contributed by atoms with Gasteiger partial charge < -0.3 is 31.5 Å². The van der Waals surface area contributed by atoms with Gasteiger partial charge in [-0.25, -0.2) is 9.37 Å². The number of nitrogens with two attached hydrogens (primary N) is 1. The lowest BCUT2D eigenvalue weighted by Gasteiger charge is -2.50. The second-order valence-corrected chi connectivity index (χ2v) is 12.0. The summed E-state index contributed by atoms with van der Waals surface area (Å²) in [7, 11) is 3.09. The van der Waals surface area contributed by atoms with E-state index in [1.165, 1.54) is 28.4 Å². The Morgan fingerprint density at radius 3 is 2.49 bits per heavy atom. The Labute approximate surface area is 248 Å². The number of hydrogen-bond acceptors (Lipinski definition) is 11. The zero-order valence-electron chi connectivity index (χ0n) is 23.0. The predicted molar refractivity (Wildman–Crippen MR) is 155 cm³/mol. The van der Waals surface area contributed by atoms with E-state index in [-0.39, 0.29) is 41.2 Å². The molecular formula is C30H27FN4O7S. The molecule has 222 valence electrons. The lowest BCUT2D eigenvalue weighted by molar-refractivity contribution is -0.153. The summed E-state index contributed by atoms with van der Waals surface area (Å²) in [6.07, 6.45) is 0.201. The predicted octanol–water partition coefficient (Wildman–Crippen LogP) is 2.97. The van der Waals surface area contributed by atoms with Crippen LogP contribution in [0.3, 0.4) is 0 Å². The molecule has 3 aliphatic rings. The molecule has 43 heavy (non-hydrogen) atoms.